The third kappa shape index (κ3) is 3.05. The predicted octanol–water partition coefficient (Wildman–Crippen LogP) is 3.06. The van der Waals surface area contributed by atoms with Gasteiger partial charge in [0.25, 0.3) is 5.91 Å². The zero-order valence-corrected chi connectivity index (χ0v) is 13.9. The summed E-state index contributed by atoms with van der Waals surface area (Å²) in [5.41, 5.74) is 1.78. The predicted molar refractivity (Wildman–Crippen MR) is 91.3 cm³/mol. The van der Waals surface area contributed by atoms with Crippen LogP contribution in [0.1, 0.15) is 37.2 Å². The molecule has 124 valence electrons. The molecule has 0 aliphatic rings. The molecular formula is C17H19N5O2. The maximum atomic E-state index is 12.5. The molecule has 0 unspecified atom stereocenters. The number of carbonyl (C=O) groups is 1. The summed E-state index contributed by atoms with van der Waals surface area (Å²) < 4.78 is 7.24. The Balaban J connectivity index is 1.86. The highest BCUT2D eigenvalue weighted by atomic mass is 16.5. The van der Waals surface area contributed by atoms with Gasteiger partial charge in [0, 0.05) is 17.6 Å². The molecule has 3 aromatic rings. The first-order valence-electron chi connectivity index (χ1n) is 7.82. The molecule has 0 fully saturated rings. The topological polar surface area (TPSA) is 81.9 Å². The first-order valence-corrected chi connectivity index (χ1v) is 7.82. The monoisotopic (exact) mass is 325 g/mol. The van der Waals surface area contributed by atoms with E-state index in [1.165, 1.54) is 0 Å². The van der Waals surface area contributed by atoms with Crippen LogP contribution in [0.3, 0.4) is 0 Å². The zero-order chi connectivity index (χ0) is 17.1. The van der Waals surface area contributed by atoms with Gasteiger partial charge < -0.3 is 10.1 Å². The maximum absolute atomic E-state index is 12.5. The summed E-state index contributed by atoms with van der Waals surface area (Å²) in [5.74, 6) is 0.0307. The first kappa shape index (κ1) is 15.9. The third-order valence-electron chi connectivity index (χ3n) is 3.48. The highest BCUT2D eigenvalue weighted by Gasteiger charge is 2.14. The number of amides is 1. The maximum Gasteiger partial charge on any atom is 0.261 e. The van der Waals surface area contributed by atoms with E-state index in [0.717, 1.165) is 11.0 Å². The molecular weight excluding hydrogens is 306 g/mol. The number of nitrogens with zero attached hydrogens (tertiary/aromatic N) is 4. The van der Waals surface area contributed by atoms with Crippen molar-refractivity contribution in [3.05, 3.63) is 42.4 Å². The lowest BCUT2D eigenvalue weighted by molar-refractivity contribution is 0.102. The van der Waals surface area contributed by atoms with E-state index in [-0.39, 0.29) is 11.9 Å². The van der Waals surface area contributed by atoms with Gasteiger partial charge in [-0.15, -0.1) is 0 Å². The normalized spacial score (nSPS) is 11.0. The Morgan fingerprint density at radius 1 is 1.33 bits per heavy atom. The van der Waals surface area contributed by atoms with Crippen molar-refractivity contribution in [1.29, 1.82) is 0 Å². The molecule has 7 nitrogen and oxygen atoms in total. The molecule has 0 saturated carbocycles. The quantitative estimate of drug-likeness (QED) is 0.779. The van der Waals surface area contributed by atoms with Gasteiger partial charge in [0.1, 0.15) is 5.56 Å². The Morgan fingerprint density at radius 2 is 2.17 bits per heavy atom. The number of rotatable bonds is 5. The van der Waals surface area contributed by atoms with Gasteiger partial charge in [-0.1, -0.05) is 0 Å². The second-order valence-corrected chi connectivity index (χ2v) is 5.56. The molecule has 0 aromatic carbocycles. The van der Waals surface area contributed by atoms with Gasteiger partial charge in [0.2, 0.25) is 5.88 Å². The fraction of sp³-hybridized carbons (Fsp3) is 0.294. The van der Waals surface area contributed by atoms with Gasteiger partial charge in [-0.3, -0.25) is 4.79 Å². The second-order valence-electron chi connectivity index (χ2n) is 5.56. The summed E-state index contributed by atoms with van der Waals surface area (Å²) in [6, 6.07) is 5.45. The van der Waals surface area contributed by atoms with Crippen molar-refractivity contribution in [3.8, 4) is 5.88 Å². The van der Waals surface area contributed by atoms with E-state index in [4.69, 9.17) is 4.74 Å². The molecule has 0 radical (unpaired) electrons. The van der Waals surface area contributed by atoms with Crippen LogP contribution in [0.4, 0.5) is 5.69 Å². The average molecular weight is 325 g/mol. The summed E-state index contributed by atoms with van der Waals surface area (Å²) in [4.78, 5) is 21.0. The van der Waals surface area contributed by atoms with Gasteiger partial charge in [0.05, 0.1) is 24.7 Å². The first-order chi connectivity index (χ1) is 11.6. The van der Waals surface area contributed by atoms with Crippen LogP contribution in [0.5, 0.6) is 5.88 Å². The van der Waals surface area contributed by atoms with Crippen molar-refractivity contribution in [2.24, 2.45) is 0 Å². The van der Waals surface area contributed by atoms with Crippen LogP contribution >= 0.6 is 0 Å². The van der Waals surface area contributed by atoms with Gasteiger partial charge in [-0.2, -0.15) is 5.10 Å². The molecule has 3 rings (SSSR count). The Kier molecular flexibility index (Phi) is 4.41. The summed E-state index contributed by atoms with van der Waals surface area (Å²) in [5, 5.41) is 8.03. The Bertz CT molecular complexity index is 872. The van der Waals surface area contributed by atoms with Crippen LogP contribution in [0, 0.1) is 0 Å². The van der Waals surface area contributed by atoms with E-state index < -0.39 is 0 Å². The van der Waals surface area contributed by atoms with Crippen molar-refractivity contribution in [2.75, 3.05) is 11.9 Å². The van der Waals surface area contributed by atoms with Gasteiger partial charge >= 0.3 is 0 Å². The number of ether oxygens (including phenoxy) is 1. The van der Waals surface area contributed by atoms with Crippen molar-refractivity contribution >= 4 is 22.6 Å². The molecule has 0 spiro atoms. The number of carbonyl (C=O) groups excluding carboxylic acids is 1. The van der Waals surface area contributed by atoms with E-state index in [2.05, 4.69) is 20.4 Å². The lowest BCUT2D eigenvalue weighted by Crippen LogP contribution is -2.14. The van der Waals surface area contributed by atoms with Crippen LogP contribution in [0.25, 0.3) is 11.0 Å². The Morgan fingerprint density at radius 3 is 2.92 bits per heavy atom. The molecule has 1 amide bonds. The molecule has 0 saturated heterocycles. The van der Waals surface area contributed by atoms with Crippen molar-refractivity contribution in [3.63, 3.8) is 0 Å². The van der Waals surface area contributed by atoms with Crippen molar-refractivity contribution < 1.29 is 9.53 Å². The standard InChI is InChI=1S/C17H19N5O2/c1-4-24-17-14(6-5-7-18-17)16(23)21-13-8-12-9-20-22(11(2)3)15(12)19-10-13/h5-11H,4H2,1-3H3,(H,21,23). The van der Waals surface area contributed by atoms with Crippen LogP contribution < -0.4 is 10.1 Å². The van der Waals surface area contributed by atoms with Crippen molar-refractivity contribution in [1.82, 2.24) is 19.7 Å². The molecule has 3 aromatic heterocycles. The largest absolute Gasteiger partial charge is 0.477 e. The molecule has 1 N–H and O–H groups in total. The molecule has 0 atom stereocenters. The molecule has 0 bridgehead atoms. The molecule has 0 aliphatic carbocycles. The molecule has 24 heavy (non-hydrogen) atoms. The number of nitrogens with one attached hydrogen (secondary N) is 1. The van der Waals surface area contributed by atoms with Gasteiger partial charge in [0.15, 0.2) is 5.65 Å². The molecule has 7 heteroatoms. The van der Waals surface area contributed by atoms with Crippen molar-refractivity contribution in [2.45, 2.75) is 26.8 Å². The van der Waals surface area contributed by atoms with Gasteiger partial charge in [-0.05, 0) is 39.0 Å². The number of fused-ring (bicyclic) bond motifs is 1. The van der Waals surface area contributed by atoms with E-state index in [0.29, 0.717) is 23.7 Å². The minimum Gasteiger partial charge on any atom is -0.477 e. The number of anilines is 1. The average Bonchev–Trinajstić information content (AvgIpc) is 2.99. The minimum absolute atomic E-state index is 0.222. The van der Waals surface area contributed by atoms with E-state index >= 15 is 0 Å². The smallest absolute Gasteiger partial charge is 0.261 e. The highest BCUT2D eigenvalue weighted by Crippen LogP contribution is 2.21. The number of hydrogen-bond donors (Lipinski definition) is 1. The van der Waals surface area contributed by atoms with E-state index in [1.54, 1.807) is 30.7 Å². The fourth-order valence-corrected chi connectivity index (χ4v) is 2.40. The van der Waals surface area contributed by atoms with Crippen LogP contribution in [-0.2, 0) is 0 Å². The third-order valence-corrected chi connectivity index (χ3v) is 3.48. The Labute approximate surface area is 139 Å². The number of hydrogen-bond acceptors (Lipinski definition) is 5. The highest BCUT2D eigenvalue weighted by molar-refractivity contribution is 6.06. The molecule has 0 aliphatic heterocycles. The number of pyridine rings is 2. The number of aromatic nitrogens is 4. The van der Waals surface area contributed by atoms with Crippen LogP contribution in [0.15, 0.2) is 36.8 Å². The summed E-state index contributed by atoms with van der Waals surface area (Å²) >= 11 is 0. The summed E-state index contributed by atoms with van der Waals surface area (Å²) in [6.07, 6.45) is 4.96. The summed E-state index contributed by atoms with van der Waals surface area (Å²) in [7, 11) is 0. The minimum atomic E-state index is -0.288. The molecule has 3 heterocycles. The SMILES string of the molecule is CCOc1ncccc1C(=O)Nc1cnc2c(cnn2C(C)C)c1. The summed E-state index contributed by atoms with van der Waals surface area (Å²) in [6.45, 7) is 6.38. The van der Waals surface area contributed by atoms with E-state index in [1.807, 2.05) is 31.5 Å². The fourth-order valence-electron chi connectivity index (χ4n) is 2.40. The second kappa shape index (κ2) is 6.66. The van der Waals surface area contributed by atoms with Crippen LogP contribution in [0.2, 0.25) is 0 Å². The lowest BCUT2D eigenvalue weighted by Gasteiger charge is -2.10. The Hall–Kier alpha value is -2.96. The van der Waals surface area contributed by atoms with E-state index in [9.17, 15) is 4.79 Å². The zero-order valence-electron chi connectivity index (χ0n) is 13.9. The van der Waals surface area contributed by atoms with Gasteiger partial charge in [-0.25, -0.2) is 14.6 Å². The lowest BCUT2D eigenvalue weighted by atomic mass is 10.2. The van der Waals surface area contributed by atoms with Crippen LogP contribution in [-0.4, -0.2) is 32.3 Å².